The fourth-order valence-electron chi connectivity index (χ4n) is 2.82. The minimum Gasteiger partial charge on any atom is -0.364 e. The number of rotatable bonds is 5. The Morgan fingerprint density at radius 1 is 0.739 bits per heavy atom. The molecule has 1 heteroatoms. The molecule has 0 aliphatic rings. The maximum Gasteiger partial charge on any atom is 0.108 e. The summed E-state index contributed by atoms with van der Waals surface area (Å²) in [4.78, 5) is 0. The first kappa shape index (κ1) is 15.5. The normalized spacial score (nSPS) is 10.9. The maximum absolute atomic E-state index is 6.32. The van der Waals surface area contributed by atoms with E-state index >= 15 is 0 Å². The highest BCUT2D eigenvalue weighted by molar-refractivity contribution is 5.32. The van der Waals surface area contributed by atoms with Gasteiger partial charge >= 0.3 is 0 Å². The Morgan fingerprint density at radius 3 is 1.83 bits per heavy atom. The lowest BCUT2D eigenvalue weighted by molar-refractivity contribution is 0.0664. The Kier molecular flexibility index (Phi) is 4.89. The molecule has 0 fully saturated rings. The molecule has 23 heavy (non-hydrogen) atoms. The maximum atomic E-state index is 6.32. The number of hydrogen-bond acceptors (Lipinski definition) is 1. The molecule has 0 unspecified atom stereocenters. The topological polar surface area (TPSA) is 9.23 Å². The highest BCUT2D eigenvalue weighted by atomic mass is 16.5. The second-order valence-electron chi connectivity index (χ2n) is 5.94. The summed E-state index contributed by atoms with van der Waals surface area (Å²) in [7, 11) is 0. The van der Waals surface area contributed by atoms with E-state index in [1.54, 1.807) is 0 Å². The summed E-state index contributed by atoms with van der Waals surface area (Å²) in [6.07, 6.45) is -0.0434. The second-order valence-corrected chi connectivity index (χ2v) is 5.94. The monoisotopic (exact) mass is 302 g/mol. The van der Waals surface area contributed by atoms with Crippen molar-refractivity contribution in [2.75, 3.05) is 0 Å². The van der Waals surface area contributed by atoms with Gasteiger partial charge in [-0.25, -0.2) is 0 Å². The standard InChI is InChI=1S/C22H22O/c1-17-13-14-21(18(2)15-17)16-23-22(19-9-5-3-6-10-19)20-11-7-4-8-12-20/h3-15,22H,16H2,1-2H3. The van der Waals surface area contributed by atoms with Crippen molar-refractivity contribution in [3.05, 3.63) is 107 Å². The molecular formula is C22H22O. The third-order valence-electron chi connectivity index (χ3n) is 4.11. The lowest BCUT2D eigenvalue weighted by Gasteiger charge is -2.20. The van der Waals surface area contributed by atoms with E-state index < -0.39 is 0 Å². The van der Waals surface area contributed by atoms with Crippen molar-refractivity contribution < 1.29 is 4.74 Å². The lowest BCUT2D eigenvalue weighted by Crippen LogP contribution is -2.07. The zero-order valence-electron chi connectivity index (χ0n) is 13.7. The van der Waals surface area contributed by atoms with Crippen LogP contribution in [0.25, 0.3) is 0 Å². The van der Waals surface area contributed by atoms with Crippen molar-refractivity contribution in [2.24, 2.45) is 0 Å². The van der Waals surface area contributed by atoms with Gasteiger partial charge in [0.15, 0.2) is 0 Å². The summed E-state index contributed by atoms with van der Waals surface area (Å²) in [5, 5.41) is 0. The van der Waals surface area contributed by atoms with Gasteiger partial charge in [-0.15, -0.1) is 0 Å². The van der Waals surface area contributed by atoms with Crippen LogP contribution in [0.15, 0.2) is 78.9 Å². The van der Waals surface area contributed by atoms with Crippen LogP contribution < -0.4 is 0 Å². The minimum atomic E-state index is -0.0434. The van der Waals surface area contributed by atoms with Crippen LogP contribution in [0.5, 0.6) is 0 Å². The van der Waals surface area contributed by atoms with Crippen LogP contribution in [0.4, 0.5) is 0 Å². The van der Waals surface area contributed by atoms with E-state index in [9.17, 15) is 0 Å². The molecule has 0 saturated carbocycles. The Labute approximate surface area is 138 Å². The molecule has 0 saturated heterocycles. The van der Waals surface area contributed by atoms with Crippen LogP contribution in [-0.2, 0) is 11.3 Å². The Hall–Kier alpha value is -2.38. The van der Waals surface area contributed by atoms with E-state index in [0.717, 1.165) is 0 Å². The van der Waals surface area contributed by atoms with Crippen molar-refractivity contribution in [2.45, 2.75) is 26.6 Å². The van der Waals surface area contributed by atoms with Gasteiger partial charge in [-0.05, 0) is 36.1 Å². The molecule has 0 aliphatic heterocycles. The highest BCUT2D eigenvalue weighted by Crippen LogP contribution is 2.27. The molecule has 0 heterocycles. The molecule has 0 aliphatic carbocycles. The predicted octanol–water partition coefficient (Wildman–Crippen LogP) is 5.61. The molecule has 3 rings (SSSR count). The molecule has 0 amide bonds. The molecule has 3 aromatic rings. The van der Waals surface area contributed by atoms with Gasteiger partial charge in [-0.1, -0.05) is 84.4 Å². The van der Waals surface area contributed by atoms with Crippen LogP contribution in [0.3, 0.4) is 0 Å². The number of aryl methyl sites for hydroxylation is 2. The third-order valence-corrected chi connectivity index (χ3v) is 4.11. The van der Waals surface area contributed by atoms with Crippen molar-refractivity contribution in [3.8, 4) is 0 Å². The first-order valence-electron chi connectivity index (χ1n) is 8.01. The minimum absolute atomic E-state index is 0.0434. The molecule has 0 bridgehead atoms. The molecule has 3 aromatic carbocycles. The van der Waals surface area contributed by atoms with Crippen LogP contribution in [0, 0.1) is 13.8 Å². The SMILES string of the molecule is Cc1ccc(COC(c2ccccc2)c2ccccc2)c(C)c1. The van der Waals surface area contributed by atoms with Crippen molar-refractivity contribution in [3.63, 3.8) is 0 Å². The highest BCUT2D eigenvalue weighted by Gasteiger charge is 2.14. The van der Waals surface area contributed by atoms with Gasteiger partial charge in [0.25, 0.3) is 0 Å². The van der Waals surface area contributed by atoms with E-state index in [-0.39, 0.29) is 6.10 Å². The fourth-order valence-corrected chi connectivity index (χ4v) is 2.82. The molecular weight excluding hydrogens is 280 g/mol. The fraction of sp³-hybridized carbons (Fsp3) is 0.182. The van der Waals surface area contributed by atoms with Crippen LogP contribution in [-0.4, -0.2) is 0 Å². The van der Waals surface area contributed by atoms with Crippen LogP contribution >= 0.6 is 0 Å². The van der Waals surface area contributed by atoms with Crippen molar-refractivity contribution in [1.29, 1.82) is 0 Å². The zero-order valence-corrected chi connectivity index (χ0v) is 13.7. The quantitative estimate of drug-likeness (QED) is 0.595. The van der Waals surface area contributed by atoms with Crippen molar-refractivity contribution >= 4 is 0 Å². The second kappa shape index (κ2) is 7.26. The van der Waals surface area contributed by atoms with Crippen molar-refractivity contribution in [1.82, 2.24) is 0 Å². The molecule has 0 spiro atoms. The van der Waals surface area contributed by atoms with E-state index in [2.05, 4.69) is 80.6 Å². The van der Waals surface area contributed by atoms with E-state index in [1.165, 1.54) is 27.8 Å². The van der Waals surface area contributed by atoms with E-state index in [0.29, 0.717) is 6.61 Å². The number of benzene rings is 3. The molecule has 116 valence electrons. The Balaban J connectivity index is 1.85. The summed E-state index contributed by atoms with van der Waals surface area (Å²) >= 11 is 0. The van der Waals surface area contributed by atoms with Gasteiger partial charge in [0.2, 0.25) is 0 Å². The summed E-state index contributed by atoms with van der Waals surface area (Å²) < 4.78 is 6.32. The smallest absolute Gasteiger partial charge is 0.108 e. The number of hydrogen-bond donors (Lipinski definition) is 0. The third kappa shape index (κ3) is 3.88. The summed E-state index contributed by atoms with van der Waals surface area (Å²) in [6.45, 7) is 4.88. The average molecular weight is 302 g/mol. The van der Waals surface area contributed by atoms with Gasteiger partial charge in [0, 0.05) is 0 Å². The molecule has 0 aromatic heterocycles. The first-order valence-corrected chi connectivity index (χ1v) is 8.01. The first-order chi connectivity index (χ1) is 11.2. The Bertz CT molecular complexity index is 708. The average Bonchev–Trinajstić information content (AvgIpc) is 2.59. The zero-order chi connectivity index (χ0) is 16.1. The predicted molar refractivity (Wildman–Crippen MR) is 95.4 cm³/mol. The summed E-state index contributed by atoms with van der Waals surface area (Å²) in [5.41, 5.74) is 6.18. The van der Waals surface area contributed by atoms with E-state index in [4.69, 9.17) is 4.74 Å². The van der Waals surface area contributed by atoms with Gasteiger partial charge in [-0.3, -0.25) is 0 Å². The summed E-state index contributed by atoms with van der Waals surface area (Å²) in [6, 6.07) is 27.3. The van der Waals surface area contributed by atoms with Gasteiger partial charge in [-0.2, -0.15) is 0 Å². The lowest BCUT2D eigenvalue weighted by atomic mass is 10.0. The van der Waals surface area contributed by atoms with Crippen LogP contribution in [0.1, 0.15) is 33.9 Å². The van der Waals surface area contributed by atoms with Gasteiger partial charge in [0.05, 0.1) is 6.61 Å². The molecule has 0 N–H and O–H groups in total. The molecule has 0 atom stereocenters. The van der Waals surface area contributed by atoms with E-state index in [1.807, 2.05) is 12.1 Å². The number of ether oxygens (including phenoxy) is 1. The molecule has 1 nitrogen and oxygen atoms in total. The van der Waals surface area contributed by atoms with Crippen LogP contribution in [0.2, 0.25) is 0 Å². The molecule has 0 radical (unpaired) electrons. The van der Waals surface area contributed by atoms with Gasteiger partial charge in [0.1, 0.15) is 6.10 Å². The van der Waals surface area contributed by atoms with Gasteiger partial charge < -0.3 is 4.74 Å². The largest absolute Gasteiger partial charge is 0.364 e. The Morgan fingerprint density at radius 2 is 1.30 bits per heavy atom. The summed E-state index contributed by atoms with van der Waals surface area (Å²) in [5.74, 6) is 0.